The van der Waals surface area contributed by atoms with E-state index in [0.29, 0.717) is 26.2 Å². The van der Waals surface area contributed by atoms with Crippen molar-refractivity contribution in [2.45, 2.75) is 44.2 Å². The van der Waals surface area contributed by atoms with Gasteiger partial charge in [-0.15, -0.1) is 13.2 Å². The molecular formula is C26H33F3N2O7S. The number of rotatable bonds is 12. The van der Waals surface area contributed by atoms with Crippen LogP contribution in [0.15, 0.2) is 53.4 Å². The Bertz CT molecular complexity index is 1170. The molecule has 13 heteroatoms. The summed E-state index contributed by atoms with van der Waals surface area (Å²) in [4.78, 5) is 16.8. The fraction of sp³-hybridized carbons (Fsp3) is 0.500. The van der Waals surface area contributed by atoms with Crippen LogP contribution < -0.4 is 9.64 Å². The van der Waals surface area contributed by atoms with Crippen LogP contribution in [0.1, 0.15) is 19.4 Å². The quantitative estimate of drug-likeness (QED) is 0.213. The molecule has 0 spiro atoms. The van der Waals surface area contributed by atoms with Gasteiger partial charge in [-0.05, 0) is 57.2 Å². The van der Waals surface area contributed by atoms with E-state index < -0.39 is 34.6 Å². The number of esters is 1. The van der Waals surface area contributed by atoms with Gasteiger partial charge >= 0.3 is 12.3 Å². The summed E-state index contributed by atoms with van der Waals surface area (Å²) in [6.07, 6.45) is -5.38. The van der Waals surface area contributed by atoms with Gasteiger partial charge in [-0.3, -0.25) is 13.9 Å². The lowest BCUT2D eigenvalue weighted by molar-refractivity contribution is -0.274. The molecule has 39 heavy (non-hydrogen) atoms. The van der Waals surface area contributed by atoms with Crippen LogP contribution in [0.5, 0.6) is 5.75 Å². The second-order valence-corrected chi connectivity index (χ2v) is 10.5. The molecule has 1 heterocycles. The third-order valence-electron chi connectivity index (χ3n) is 6.13. The number of hydrogen-bond acceptors (Lipinski definition) is 9. The van der Waals surface area contributed by atoms with Crippen molar-refractivity contribution in [1.29, 1.82) is 0 Å². The number of aryl methyl sites for hydroxylation is 1. The molecule has 1 aliphatic rings. The number of anilines is 1. The van der Waals surface area contributed by atoms with Gasteiger partial charge in [0.15, 0.2) is 0 Å². The smallest absolute Gasteiger partial charge is 0.465 e. The summed E-state index contributed by atoms with van der Waals surface area (Å²) in [5.74, 6) is -0.755. The first kappa shape index (κ1) is 30.7. The normalized spacial score (nSPS) is 16.5. The van der Waals surface area contributed by atoms with Crippen LogP contribution in [-0.4, -0.2) is 83.8 Å². The summed E-state index contributed by atoms with van der Waals surface area (Å²) in [6.45, 7) is 7.13. The largest absolute Gasteiger partial charge is 0.573 e. The summed E-state index contributed by atoms with van der Waals surface area (Å²) in [6, 6.07) is 11.2. The lowest BCUT2D eigenvalue weighted by Crippen LogP contribution is -2.57. The van der Waals surface area contributed by atoms with Crippen LogP contribution in [0, 0.1) is 6.92 Å². The molecule has 0 N–H and O–H groups in total. The van der Waals surface area contributed by atoms with E-state index in [4.69, 9.17) is 13.7 Å². The van der Waals surface area contributed by atoms with Crippen LogP contribution in [0.4, 0.5) is 18.9 Å². The molecule has 2 aromatic rings. The standard InChI is InChI=1S/C26H33F3N2O7S/c1-4-35-25(32)24(20(3)36-17-18-37-39(33,34)23-11-5-19(2)6-12-23)31-15-13-30(14-16-31)21-7-9-22(10-8-21)38-26(27,28)29/h5-12,20,24H,4,13-18H2,1-3H3. The van der Waals surface area contributed by atoms with Crippen LogP contribution >= 0.6 is 0 Å². The van der Waals surface area contributed by atoms with E-state index in [1.54, 1.807) is 38.1 Å². The summed E-state index contributed by atoms with van der Waals surface area (Å²) in [5.41, 5.74) is 1.65. The number of carbonyl (C=O) groups is 1. The van der Waals surface area contributed by atoms with Crippen molar-refractivity contribution < 1.29 is 44.8 Å². The van der Waals surface area contributed by atoms with Crippen LogP contribution in [0.3, 0.4) is 0 Å². The molecule has 9 nitrogen and oxygen atoms in total. The minimum atomic E-state index is -4.75. The van der Waals surface area contributed by atoms with Crippen LogP contribution in [0.25, 0.3) is 0 Å². The Morgan fingerprint density at radius 2 is 1.59 bits per heavy atom. The number of piperazine rings is 1. The van der Waals surface area contributed by atoms with Crippen molar-refractivity contribution >= 4 is 21.8 Å². The van der Waals surface area contributed by atoms with E-state index in [-0.39, 0.29) is 30.5 Å². The predicted octanol–water partition coefficient (Wildman–Crippen LogP) is 3.76. The summed E-state index contributed by atoms with van der Waals surface area (Å²) >= 11 is 0. The van der Waals surface area contributed by atoms with Gasteiger partial charge < -0.3 is 19.1 Å². The van der Waals surface area contributed by atoms with Gasteiger partial charge in [-0.2, -0.15) is 8.42 Å². The van der Waals surface area contributed by atoms with Gasteiger partial charge in [-0.1, -0.05) is 17.7 Å². The molecule has 0 radical (unpaired) electrons. The Morgan fingerprint density at radius 3 is 2.15 bits per heavy atom. The van der Waals surface area contributed by atoms with E-state index >= 15 is 0 Å². The van der Waals surface area contributed by atoms with Crippen molar-refractivity contribution in [1.82, 2.24) is 4.90 Å². The third-order valence-corrected chi connectivity index (χ3v) is 7.45. The molecular weight excluding hydrogens is 541 g/mol. The molecule has 0 saturated carbocycles. The van der Waals surface area contributed by atoms with E-state index in [2.05, 4.69) is 4.74 Å². The molecule has 3 rings (SSSR count). The molecule has 1 fully saturated rings. The van der Waals surface area contributed by atoms with Gasteiger partial charge in [0.1, 0.15) is 11.8 Å². The zero-order valence-corrected chi connectivity index (χ0v) is 22.8. The van der Waals surface area contributed by atoms with Crippen molar-refractivity contribution in [2.24, 2.45) is 0 Å². The minimum absolute atomic E-state index is 0.0472. The molecule has 1 saturated heterocycles. The Hall–Kier alpha value is -2.87. The highest BCUT2D eigenvalue weighted by Crippen LogP contribution is 2.26. The second-order valence-electron chi connectivity index (χ2n) is 8.93. The highest BCUT2D eigenvalue weighted by molar-refractivity contribution is 7.86. The maximum atomic E-state index is 12.8. The number of ether oxygens (including phenoxy) is 3. The van der Waals surface area contributed by atoms with Crippen molar-refractivity contribution in [3.63, 3.8) is 0 Å². The van der Waals surface area contributed by atoms with Gasteiger partial charge in [-0.25, -0.2) is 0 Å². The number of carbonyl (C=O) groups excluding carboxylic acids is 1. The Balaban J connectivity index is 1.54. The Labute approximate surface area is 226 Å². The van der Waals surface area contributed by atoms with Gasteiger partial charge in [0.25, 0.3) is 10.1 Å². The lowest BCUT2D eigenvalue weighted by Gasteiger charge is -2.40. The molecule has 2 atom stereocenters. The SMILES string of the molecule is CCOC(=O)C(C(C)OCCOS(=O)(=O)c1ccc(C)cc1)N1CCN(c2ccc(OC(F)(F)F)cc2)CC1. The van der Waals surface area contributed by atoms with E-state index in [1.165, 1.54) is 24.3 Å². The second kappa shape index (κ2) is 13.5. The highest BCUT2D eigenvalue weighted by Gasteiger charge is 2.35. The number of benzene rings is 2. The fourth-order valence-electron chi connectivity index (χ4n) is 4.22. The van der Waals surface area contributed by atoms with Crippen molar-refractivity contribution in [3.05, 3.63) is 54.1 Å². The first-order chi connectivity index (χ1) is 18.4. The number of alkyl halides is 3. The van der Waals surface area contributed by atoms with E-state index in [0.717, 1.165) is 11.3 Å². The molecule has 2 aromatic carbocycles. The maximum Gasteiger partial charge on any atom is 0.573 e. The Morgan fingerprint density at radius 1 is 0.974 bits per heavy atom. The molecule has 0 aliphatic carbocycles. The first-order valence-electron chi connectivity index (χ1n) is 12.5. The van der Waals surface area contributed by atoms with Crippen LogP contribution in [-0.2, 0) is 28.6 Å². The number of nitrogens with zero attached hydrogens (tertiary/aromatic N) is 2. The molecule has 216 valence electrons. The topological polar surface area (TPSA) is 94.6 Å². The monoisotopic (exact) mass is 574 g/mol. The predicted molar refractivity (Wildman–Crippen MR) is 137 cm³/mol. The molecule has 0 bridgehead atoms. The molecule has 2 unspecified atom stereocenters. The molecule has 0 aromatic heterocycles. The summed E-state index contributed by atoms with van der Waals surface area (Å²) in [5, 5.41) is 0. The first-order valence-corrected chi connectivity index (χ1v) is 13.9. The highest BCUT2D eigenvalue weighted by atomic mass is 32.2. The fourth-order valence-corrected chi connectivity index (χ4v) is 5.12. The van der Waals surface area contributed by atoms with Crippen molar-refractivity contribution in [2.75, 3.05) is 50.9 Å². The molecule has 1 aliphatic heterocycles. The number of halogens is 3. The maximum absolute atomic E-state index is 12.8. The Kier molecular flexibility index (Phi) is 10.6. The van der Waals surface area contributed by atoms with E-state index in [1.807, 2.05) is 16.7 Å². The average molecular weight is 575 g/mol. The van der Waals surface area contributed by atoms with Crippen LogP contribution in [0.2, 0.25) is 0 Å². The lowest BCUT2D eigenvalue weighted by atomic mass is 10.1. The van der Waals surface area contributed by atoms with Gasteiger partial charge in [0.05, 0.1) is 30.8 Å². The zero-order valence-electron chi connectivity index (χ0n) is 22.0. The summed E-state index contributed by atoms with van der Waals surface area (Å²) in [7, 11) is -3.94. The molecule has 0 amide bonds. The third kappa shape index (κ3) is 9.09. The van der Waals surface area contributed by atoms with Gasteiger partial charge in [0.2, 0.25) is 0 Å². The summed E-state index contributed by atoms with van der Waals surface area (Å²) < 4.78 is 82.0. The van der Waals surface area contributed by atoms with Crippen molar-refractivity contribution in [3.8, 4) is 5.75 Å². The number of hydrogen-bond donors (Lipinski definition) is 0. The van der Waals surface area contributed by atoms with Gasteiger partial charge in [0, 0.05) is 31.9 Å². The minimum Gasteiger partial charge on any atom is -0.465 e. The van der Waals surface area contributed by atoms with E-state index in [9.17, 15) is 26.4 Å². The zero-order chi connectivity index (χ0) is 28.6. The average Bonchev–Trinajstić information content (AvgIpc) is 2.87.